The maximum Gasteiger partial charge on any atom is 0.239 e. The first-order valence-electron chi connectivity index (χ1n) is 6.60. The zero-order valence-corrected chi connectivity index (χ0v) is 11.6. The second-order valence-corrected chi connectivity index (χ2v) is 4.85. The van der Waals surface area contributed by atoms with Gasteiger partial charge in [-0.25, -0.2) is 0 Å². The number of hydrogen-bond donors (Lipinski definition) is 1. The topological polar surface area (TPSA) is 59.2 Å². The van der Waals surface area contributed by atoms with Crippen LogP contribution in [0.4, 0.5) is 0 Å². The lowest BCUT2D eigenvalue weighted by molar-refractivity contribution is -0.131. The molecule has 1 aromatic heterocycles. The second kappa shape index (κ2) is 6.82. The van der Waals surface area contributed by atoms with Gasteiger partial charge in [0.25, 0.3) is 0 Å². The van der Waals surface area contributed by atoms with Crippen LogP contribution >= 0.6 is 0 Å². The van der Waals surface area contributed by atoms with Gasteiger partial charge in [0.2, 0.25) is 5.91 Å². The Morgan fingerprint density at radius 3 is 2.45 bits per heavy atom. The first-order valence-corrected chi connectivity index (χ1v) is 6.60. The van der Waals surface area contributed by atoms with Crippen molar-refractivity contribution in [3.05, 3.63) is 66.0 Å². The van der Waals surface area contributed by atoms with Crippen molar-refractivity contribution in [2.75, 3.05) is 7.05 Å². The van der Waals surface area contributed by atoms with E-state index < -0.39 is 6.04 Å². The number of aromatic nitrogens is 1. The fourth-order valence-corrected chi connectivity index (χ4v) is 2.08. The summed E-state index contributed by atoms with van der Waals surface area (Å²) in [5.74, 6) is -0.0503. The number of rotatable bonds is 5. The van der Waals surface area contributed by atoms with Gasteiger partial charge in [0.15, 0.2) is 0 Å². The average molecular weight is 269 g/mol. The minimum atomic E-state index is -0.510. The summed E-state index contributed by atoms with van der Waals surface area (Å²) in [5, 5.41) is 0. The van der Waals surface area contributed by atoms with Gasteiger partial charge in [0, 0.05) is 26.0 Å². The van der Waals surface area contributed by atoms with Gasteiger partial charge in [-0.05, 0) is 29.7 Å². The minimum Gasteiger partial charge on any atom is -0.340 e. The van der Waals surface area contributed by atoms with Crippen molar-refractivity contribution >= 4 is 5.91 Å². The first kappa shape index (κ1) is 14.2. The third kappa shape index (κ3) is 3.90. The summed E-state index contributed by atoms with van der Waals surface area (Å²) in [6.07, 6.45) is 4.00. The molecule has 0 fully saturated rings. The summed E-state index contributed by atoms with van der Waals surface area (Å²) >= 11 is 0. The number of amides is 1. The second-order valence-electron chi connectivity index (χ2n) is 4.85. The fourth-order valence-electron chi connectivity index (χ4n) is 2.08. The number of nitrogens with zero attached hydrogens (tertiary/aromatic N) is 2. The van der Waals surface area contributed by atoms with E-state index in [0.717, 1.165) is 11.1 Å². The van der Waals surface area contributed by atoms with Crippen LogP contribution in [0.1, 0.15) is 11.1 Å². The molecule has 0 spiro atoms. The van der Waals surface area contributed by atoms with Crippen LogP contribution in [0.5, 0.6) is 0 Å². The number of pyridine rings is 1. The van der Waals surface area contributed by atoms with Gasteiger partial charge in [0.1, 0.15) is 0 Å². The molecule has 2 rings (SSSR count). The van der Waals surface area contributed by atoms with E-state index in [1.165, 1.54) is 0 Å². The molecular weight excluding hydrogens is 250 g/mol. The predicted molar refractivity (Wildman–Crippen MR) is 78.8 cm³/mol. The van der Waals surface area contributed by atoms with Crippen molar-refractivity contribution in [1.82, 2.24) is 9.88 Å². The lowest BCUT2D eigenvalue weighted by Crippen LogP contribution is -2.42. The number of benzene rings is 1. The molecular formula is C16H19N3O. The molecule has 0 aliphatic heterocycles. The molecule has 0 aliphatic rings. The number of likely N-dealkylation sites (N-methyl/N-ethyl adjacent to an activating group) is 1. The van der Waals surface area contributed by atoms with E-state index in [1.807, 2.05) is 42.5 Å². The van der Waals surface area contributed by atoms with E-state index in [9.17, 15) is 4.79 Å². The van der Waals surface area contributed by atoms with Crippen molar-refractivity contribution in [3.8, 4) is 0 Å². The van der Waals surface area contributed by atoms with E-state index in [2.05, 4.69) is 4.98 Å². The van der Waals surface area contributed by atoms with E-state index in [1.54, 1.807) is 24.3 Å². The molecule has 0 bridgehead atoms. The van der Waals surface area contributed by atoms with Crippen molar-refractivity contribution < 1.29 is 4.79 Å². The van der Waals surface area contributed by atoms with Crippen molar-refractivity contribution in [3.63, 3.8) is 0 Å². The largest absolute Gasteiger partial charge is 0.340 e. The number of hydrogen-bond acceptors (Lipinski definition) is 3. The summed E-state index contributed by atoms with van der Waals surface area (Å²) in [5.41, 5.74) is 8.12. The standard InChI is InChI=1S/C16H19N3O/c1-19(12-14-7-9-18-10-8-14)16(20)15(17)11-13-5-3-2-4-6-13/h2-10,15H,11-12,17H2,1H3/t15-/m1/s1. The molecule has 2 aromatic rings. The zero-order chi connectivity index (χ0) is 14.4. The van der Waals surface area contributed by atoms with Crippen LogP contribution in [-0.4, -0.2) is 28.9 Å². The SMILES string of the molecule is CN(Cc1ccncc1)C(=O)[C@H](N)Cc1ccccc1. The fraction of sp³-hybridized carbons (Fsp3) is 0.250. The molecule has 20 heavy (non-hydrogen) atoms. The molecule has 1 amide bonds. The lowest BCUT2D eigenvalue weighted by Gasteiger charge is -2.21. The molecule has 0 unspecified atom stereocenters. The Bertz CT molecular complexity index is 493. The van der Waals surface area contributed by atoms with Crippen LogP contribution in [0.15, 0.2) is 54.9 Å². The van der Waals surface area contributed by atoms with Crippen LogP contribution < -0.4 is 5.73 Å². The Balaban J connectivity index is 1.93. The quantitative estimate of drug-likeness (QED) is 0.897. The van der Waals surface area contributed by atoms with E-state index in [-0.39, 0.29) is 5.91 Å². The molecule has 1 atom stereocenters. The molecule has 4 heteroatoms. The van der Waals surface area contributed by atoms with Gasteiger partial charge >= 0.3 is 0 Å². The van der Waals surface area contributed by atoms with Gasteiger partial charge in [-0.3, -0.25) is 9.78 Å². The Kier molecular flexibility index (Phi) is 4.85. The Morgan fingerprint density at radius 1 is 1.15 bits per heavy atom. The Hall–Kier alpha value is -2.20. The van der Waals surface area contributed by atoms with Gasteiger partial charge < -0.3 is 10.6 Å². The van der Waals surface area contributed by atoms with Crippen LogP contribution in [0.3, 0.4) is 0 Å². The highest BCUT2D eigenvalue weighted by molar-refractivity contribution is 5.81. The van der Waals surface area contributed by atoms with Crippen molar-refractivity contribution in [1.29, 1.82) is 0 Å². The minimum absolute atomic E-state index is 0.0503. The van der Waals surface area contributed by atoms with Gasteiger partial charge in [-0.15, -0.1) is 0 Å². The average Bonchev–Trinajstić information content (AvgIpc) is 2.48. The summed E-state index contributed by atoms with van der Waals surface area (Å²) in [4.78, 5) is 17.9. The molecule has 0 saturated carbocycles. The summed E-state index contributed by atoms with van der Waals surface area (Å²) < 4.78 is 0. The smallest absolute Gasteiger partial charge is 0.239 e. The van der Waals surface area contributed by atoms with Crippen LogP contribution in [0, 0.1) is 0 Å². The normalized spacial score (nSPS) is 11.9. The molecule has 104 valence electrons. The van der Waals surface area contributed by atoms with E-state index in [0.29, 0.717) is 13.0 Å². The summed E-state index contributed by atoms with van der Waals surface area (Å²) in [6.45, 7) is 0.545. The lowest BCUT2D eigenvalue weighted by atomic mass is 10.1. The third-order valence-electron chi connectivity index (χ3n) is 3.16. The van der Waals surface area contributed by atoms with Gasteiger partial charge in [0.05, 0.1) is 6.04 Å². The predicted octanol–water partition coefficient (Wildman–Crippen LogP) is 1.61. The molecule has 0 radical (unpaired) electrons. The monoisotopic (exact) mass is 269 g/mol. The van der Waals surface area contributed by atoms with Crippen molar-refractivity contribution in [2.45, 2.75) is 19.0 Å². The molecule has 1 heterocycles. The molecule has 1 aromatic carbocycles. The molecule has 2 N–H and O–H groups in total. The van der Waals surface area contributed by atoms with Gasteiger partial charge in [-0.2, -0.15) is 0 Å². The van der Waals surface area contributed by atoms with Gasteiger partial charge in [-0.1, -0.05) is 30.3 Å². The van der Waals surface area contributed by atoms with E-state index >= 15 is 0 Å². The Morgan fingerprint density at radius 2 is 1.80 bits per heavy atom. The maximum atomic E-state index is 12.2. The van der Waals surface area contributed by atoms with E-state index in [4.69, 9.17) is 5.73 Å². The molecule has 0 saturated heterocycles. The number of carbonyl (C=O) groups is 1. The van der Waals surface area contributed by atoms with Crippen LogP contribution in [-0.2, 0) is 17.8 Å². The van der Waals surface area contributed by atoms with Crippen LogP contribution in [0.2, 0.25) is 0 Å². The Labute approximate surface area is 119 Å². The third-order valence-corrected chi connectivity index (χ3v) is 3.16. The van der Waals surface area contributed by atoms with Crippen molar-refractivity contribution in [2.24, 2.45) is 5.73 Å². The maximum absolute atomic E-state index is 12.2. The highest BCUT2D eigenvalue weighted by Gasteiger charge is 2.18. The molecule has 4 nitrogen and oxygen atoms in total. The molecule has 0 aliphatic carbocycles. The summed E-state index contributed by atoms with van der Waals surface area (Å²) in [6, 6.07) is 13.1. The summed E-state index contributed by atoms with van der Waals surface area (Å²) in [7, 11) is 1.77. The highest BCUT2D eigenvalue weighted by atomic mass is 16.2. The number of carbonyl (C=O) groups excluding carboxylic acids is 1. The van der Waals surface area contributed by atoms with Crippen LogP contribution in [0.25, 0.3) is 0 Å². The number of nitrogens with two attached hydrogens (primary N) is 1. The highest BCUT2D eigenvalue weighted by Crippen LogP contribution is 2.06. The zero-order valence-electron chi connectivity index (χ0n) is 11.6. The first-order chi connectivity index (χ1) is 9.66.